The fourth-order valence-corrected chi connectivity index (χ4v) is 5.97. The van der Waals surface area contributed by atoms with Crippen molar-refractivity contribution < 1.29 is 0 Å². The number of aromatic nitrogens is 8. The van der Waals surface area contributed by atoms with E-state index in [2.05, 4.69) is 20.4 Å². The molecule has 0 saturated heterocycles. The largest absolute Gasteiger partial charge is 0.235 e. The van der Waals surface area contributed by atoms with E-state index >= 15 is 0 Å². The number of rotatable bonds is 4. The highest BCUT2D eigenvalue weighted by Gasteiger charge is 2.18. The fourth-order valence-electron chi connectivity index (χ4n) is 3.84. The first-order valence-electron chi connectivity index (χ1n) is 10.7. The lowest BCUT2D eigenvalue weighted by Crippen LogP contribution is -1.92. The van der Waals surface area contributed by atoms with Gasteiger partial charge in [0, 0.05) is 22.3 Å². The van der Waals surface area contributed by atoms with Crippen LogP contribution in [0.1, 0.15) is 0 Å². The minimum atomic E-state index is 0.605. The Kier molecular flexibility index (Phi) is 5.07. The molecular weight excluding hydrogens is 535 g/mol. The van der Waals surface area contributed by atoms with Gasteiger partial charge in [0.15, 0.2) is 11.6 Å². The van der Waals surface area contributed by atoms with Gasteiger partial charge >= 0.3 is 0 Å². The predicted octanol–water partition coefficient (Wildman–Crippen LogP) is 6.66. The highest BCUT2D eigenvalue weighted by atomic mass is 35.5. The summed E-state index contributed by atoms with van der Waals surface area (Å²) < 4.78 is 3.46. The molecule has 0 atom stereocenters. The molecule has 0 radical (unpaired) electrons. The SMILES string of the molecule is Clc1ccccc1-c1nnc2sc(-c3ccc(-c4nn5c(-c6ccccc6Cl)nnc5s4)cc3)nn12. The molecule has 7 aromatic rings. The van der Waals surface area contributed by atoms with E-state index in [0.29, 0.717) is 31.6 Å². The maximum Gasteiger partial charge on any atom is 0.235 e. The summed E-state index contributed by atoms with van der Waals surface area (Å²) >= 11 is 15.7. The Hall–Kier alpha value is -3.70. The summed E-state index contributed by atoms with van der Waals surface area (Å²) in [5, 5.41) is 29.5. The summed E-state index contributed by atoms with van der Waals surface area (Å²) in [4.78, 5) is 1.40. The summed E-state index contributed by atoms with van der Waals surface area (Å²) in [7, 11) is 0. The molecule has 174 valence electrons. The van der Waals surface area contributed by atoms with Crippen molar-refractivity contribution in [1.29, 1.82) is 0 Å². The molecule has 4 heterocycles. The first-order chi connectivity index (χ1) is 17.7. The average Bonchev–Trinajstić information content (AvgIpc) is 3.66. The van der Waals surface area contributed by atoms with Gasteiger partial charge in [-0.15, -0.1) is 20.4 Å². The fraction of sp³-hybridized carbons (Fsp3) is 0. The van der Waals surface area contributed by atoms with Gasteiger partial charge in [-0.3, -0.25) is 0 Å². The summed E-state index contributed by atoms with van der Waals surface area (Å²) in [5.74, 6) is 1.23. The van der Waals surface area contributed by atoms with Gasteiger partial charge in [0.25, 0.3) is 0 Å². The highest BCUT2D eigenvalue weighted by molar-refractivity contribution is 7.20. The third-order valence-corrected chi connectivity index (χ3v) is 8.14. The van der Waals surface area contributed by atoms with Crippen molar-refractivity contribution in [1.82, 2.24) is 39.6 Å². The molecule has 0 saturated carbocycles. The van der Waals surface area contributed by atoms with Gasteiger partial charge in [-0.25, -0.2) is 0 Å². The highest BCUT2D eigenvalue weighted by Crippen LogP contribution is 2.34. The van der Waals surface area contributed by atoms with Crippen LogP contribution in [0.2, 0.25) is 10.0 Å². The lowest BCUT2D eigenvalue weighted by atomic mass is 10.1. The van der Waals surface area contributed by atoms with E-state index in [-0.39, 0.29) is 0 Å². The second-order valence-corrected chi connectivity index (χ2v) is 10.5. The zero-order chi connectivity index (χ0) is 24.2. The third-order valence-electron chi connectivity index (χ3n) is 5.59. The van der Waals surface area contributed by atoms with Gasteiger partial charge < -0.3 is 0 Å². The van der Waals surface area contributed by atoms with Gasteiger partial charge in [0.05, 0.1) is 10.0 Å². The van der Waals surface area contributed by atoms with Crippen LogP contribution in [-0.4, -0.2) is 39.6 Å². The molecule has 0 spiro atoms. The summed E-state index contributed by atoms with van der Waals surface area (Å²) in [6, 6.07) is 23.1. The Morgan fingerprint density at radius 2 is 0.944 bits per heavy atom. The molecule has 0 unspecified atom stereocenters. The standard InChI is InChI=1S/C24H12Cl2N8S2/c25-17-7-3-1-5-15(17)19-27-29-23-33(19)31-21(35-23)13-9-11-14(12-10-13)22-32-34-20(28-30-24(34)36-22)16-6-2-4-8-18(16)26/h1-12H. The zero-order valence-electron chi connectivity index (χ0n) is 18.1. The summed E-state index contributed by atoms with van der Waals surface area (Å²) in [6.45, 7) is 0. The van der Waals surface area contributed by atoms with Gasteiger partial charge in [0.2, 0.25) is 9.92 Å². The smallest absolute Gasteiger partial charge is 0.182 e. The quantitative estimate of drug-likeness (QED) is 0.245. The van der Waals surface area contributed by atoms with Gasteiger partial charge in [-0.2, -0.15) is 19.2 Å². The van der Waals surface area contributed by atoms with Crippen LogP contribution >= 0.6 is 45.9 Å². The average molecular weight is 547 g/mol. The van der Waals surface area contributed by atoms with Crippen LogP contribution in [0.4, 0.5) is 0 Å². The maximum atomic E-state index is 6.36. The van der Waals surface area contributed by atoms with Gasteiger partial charge in [-0.1, -0.05) is 94.4 Å². The molecule has 7 rings (SSSR count). The molecule has 36 heavy (non-hydrogen) atoms. The van der Waals surface area contributed by atoms with Crippen LogP contribution < -0.4 is 0 Å². The van der Waals surface area contributed by atoms with Crippen LogP contribution in [0.3, 0.4) is 0 Å². The van der Waals surface area contributed by atoms with Crippen LogP contribution in [-0.2, 0) is 0 Å². The van der Waals surface area contributed by atoms with Gasteiger partial charge in [0.1, 0.15) is 10.0 Å². The van der Waals surface area contributed by atoms with E-state index in [9.17, 15) is 0 Å². The summed E-state index contributed by atoms with van der Waals surface area (Å²) in [5.41, 5.74) is 3.52. The molecule has 8 nitrogen and oxygen atoms in total. The summed E-state index contributed by atoms with van der Waals surface area (Å²) in [6.07, 6.45) is 0. The minimum absolute atomic E-state index is 0.605. The number of hydrogen-bond acceptors (Lipinski definition) is 8. The van der Waals surface area contributed by atoms with Crippen LogP contribution in [0.5, 0.6) is 0 Å². The minimum Gasteiger partial charge on any atom is -0.182 e. The van der Waals surface area contributed by atoms with Crippen LogP contribution in [0.25, 0.3) is 53.8 Å². The first-order valence-corrected chi connectivity index (χ1v) is 13.1. The Morgan fingerprint density at radius 1 is 0.528 bits per heavy atom. The Morgan fingerprint density at radius 3 is 1.36 bits per heavy atom. The Bertz CT molecular complexity index is 1750. The number of hydrogen-bond donors (Lipinski definition) is 0. The second-order valence-electron chi connectivity index (χ2n) is 7.79. The molecule has 0 N–H and O–H groups in total. The van der Waals surface area contributed by atoms with Crippen molar-refractivity contribution in [2.75, 3.05) is 0 Å². The van der Waals surface area contributed by atoms with E-state index in [0.717, 1.165) is 32.3 Å². The Labute approximate surface area is 221 Å². The van der Waals surface area contributed by atoms with Crippen molar-refractivity contribution in [3.63, 3.8) is 0 Å². The van der Waals surface area contributed by atoms with Crippen molar-refractivity contribution >= 4 is 55.8 Å². The monoisotopic (exact) mass is 546 g/mol. The maximum absolute atomic E-state index is 6.36. The predicted molar refractivity (Wildman–Crippen MR) is 143 cm³/mol. The molecule has 0 bridgehead atoms. The molecule has 0 aliphatic carbocycles. The van der Waals surface area contributed by atoms with E-state index in [1.807, 2.05) is 72.8 Å². The number of benzene rings is 3. The van der Waals surface area contributed by atoms with Crippen molar-refractivity contribution in [3.8, 4) is 43.9 Å². The van der Waals surface area contributed by atoms with E-state index in [1.54, 1.807) is 9.03 Å². The van der Waals surface area contributed by atoms with Crippen LogP contribution in [0, 0.1) is 0 Å². The third kappa shape index (κ3) is 3.49. The lowest BCUT2D eigenvalue weighted by Gasteiger charge is -2.01. The normalized spacial score (nSPS) is 11.6. The second kappa shape index (κ2) is 8.45. The molecule has 0 amide bonds. The first kappa shape index (κ1) is 21.6. The van der Waals surface area contributed by atoms with Gasteiger partial charge in [-0.05, 0) is 24.3 Å². The molecule has 0 fully saturated rings. The molecule has 12 heteroatoms. The molecule has 0 aliphatic rings. The topological polar surface area (TPSA) is 86.2 Å². The van der Waals surface area contributed by atoms with Crippen molar-refractivity contribution in [2.24, 2.45) is 0 Å². The molecule has 3 aromatic carbocycles. The molecule has 4 aromatic heterocycles. The van der Waals surface area contributed by atoms with E-state index < -0.39 is 0 Å². The number of fused-ring (bicyclic) bond motifs is 2. The molecule has 0 aliphatic heterocycles. The van der Waals surface area contributed by atoms with Crippen molar-refractivity contribution in [3.05, 3.63) is 82.8 Å². The lowest BCUT2D eigenvalue weighted by molar-refractivity contribution is 0.969. The number of nitrogens with zero attached hydrogens (tertiary/aromatic N) is 8. The Balaban J connectivity index is 1.22. The zero-order valence-corrected chi connectivity index (χ0v) is 21.2. The van der Waals surface area contributed by atoms with Crippen LogP contribution in [0.15, 0.2) is 72.8 Å². The number of halogens is 2. The van der Waals surface area contributed by atoms with E-state index in [4.69, 9.17) is 33.4 Å². The van der Waals surface area contributed by atoms with Crippen molar-refractivity contribution in [2.45, 2.75) is 0 Å². The van der Waals surface area contributed by atoms with E-state index in [1.165, 1.54) is 22.7 Å². The molecular formula is C24H12Cl2N8S2.